The van der Waals surface area contributed by atoms with Crippen LogP contribution in [0, 0.1) is 11.3 Å². The Morgan fingerprint density at radius 3 is 2.90 bits per heavy atom. The summed E-state index contributed by atoms with van der Waals surface area (Å²) in [4.78, 5) is 8.14. The second-order valence-corrected chi connectivity index (χ2v) is 3.99. The molecule has 0 saturated carbocycles. The number of nitrogens with zero attached hydrogens (tertiary/aromatic N) is 3. The summed E-state index contributed by atoms with van der Waals surface area (Å²) in [7, 11) is 0. The first-order valence-corrected chi connectivity index (χ1v) is 5.95. The minimum Gasteiger partial charge on any atom is -0.454 e. The summed E-state index contributed by atoms with van der Waals surface area (Å²) < 4.78 is 10.6. The molecule has 0 atom stereocenters. The van der Waals surface area contributed by atoms with Gasteiger partial charge >= 0.3 is 0 Å². The summed E-state index contributed by atoms with van der Waals surface area (Å²) >= 11 is 0. The quantitative estimate of drug-likeness (QED) is 0.818. The third-order valence-electron chi connectivity index (χ3n) is 2.66. The van der Waals surface area contributed by atoms with E-state index in [2.05, 4.69) is 20.6 Å². The van der Waals surface area contributed by atoms with Crippen molar-refractivity contribution in [3.05, 3.63) is 30.6 Å². The Morgan fingerprint density at radius 1 is 1.15 bits per heavy atom. The zero-order valence-electron chi connectivity index (χ0n) is 10.5. The van der Waals surface area contributed by atoms with E-state index in [4.69, 9.17) is 14.7 Å². The maximum atomic E-state index is 8.52. The zero-order valence-corrected chi connectivity index (χ0v) is 10.5. The van der Waals surface area contributed by atoms with Crippen molar-refractivity contribution in [1.82, 2.24) is 9.97 Å². The fraction of sp³-hybridized carbons (Fsp3) is 0.154. The van der Waals surface area contributed by atoms with Gasteiger partial charge in [-0.25, -0.2) is 9.97 Å². The molecule has 0 unspecified atom stereocenters. The Morgan fingerprint density at radius 2 is 2.00 bits per heavy atom. The van der Waals surface area contributed by atoms with Crippen molar-refractivity contribution in [2.45, 2.75) is 0 Å². The van der Waals surface area contributed by atoms with Gasteiger partial charge in [0.2, 0.25) is 6.79 Å². The van der Waals surface area contributed by atoms with E-state index in [0.29, 0.717) is 17.4 Å². The standard InChI is InChI=1S/C13H11N5O2/c14-3-4-15-12-6-13(17-7-16-12)18-9-1-2-10-11(5-9)20-8-19-10/h1-2,5-7H,4,8H2,(H2,15,16,17,18). The maximum Gasteiger partial charge on any atom is 0.231 e. The van der Waals surface area contributed by atoms with Crippen LogP contribution < -0.4 is 20.1 Å². The highest BCUT2D eigenvalue weighted by Gasteiger charge is 2.13. The molecular weight excluding hydrogens is 258 g/mol. The Hall–Kier alpha value is -3.01. The van der Waals surface area contributed by atoms with Crippen molar-refractivity contribution >= 4 is 17.3 Å². The highest BCUT2D eigenvalue weighted by atomic mass is 16.7. The second kappa shape index (κ2) is 5.32. The van der Waals surface area contributed by atoms with E-state index in [0.717, 1.165) is 11.4 Å². The van der Waals surface area contributed by atoms with Gasteiger partial charge in [-0.2, -0.15) is 5.26 Å². The Bertz CT molecular complexity index is 668. The van der Waals surface area contributed by atoms with Gasteiger partial charge in [0.25, 0.3) is 0 Å². The molecule has 20 heavy (non-hydrogen) atoms. The van der Waals surface area contributed by atoms with E-state index < -0.39 is 0 Å². The van der Waals surface area contributed by atoms with Crippen molar-refractivity contribution in [1.29, 1.82) is 5.26 Å². The molecule has 0 aliphatic carbocycles. The number of benzene rings is 1. The Balaban J connectivity index is 1.76. The number of aromatic nitrogens is 2. The van der Waals surface area contributed by atoms with Crippen LogP contribution in [0.2, 0.25) is 0 Å². The van der Waals surface area contributed by atoms with E-state index in [-0.39, 0.29) is 13.3 Å². The molecular formula is C13H11N5O2. The number of fused-ring (bicyclic) bond motifs is 1. The molecule has 1 aliphatic rings. The van der Waals surface area contributed by atoms with E-state index >= 15 is 0 Å². The number of ether oxygens (including phenoxy) is 2. The smallest absolute Gasteiger partial charge is 0.231 e. The number of nitriles is 1. The molecule has 0 fully saturated rings. The summed E-state index contributed by atoms with van der Waals surface area (Å²) in [6, 6.07) is 9.26. The van der Waals surface area contributed by atoms with Gasteiger partial charge in [0.1, 0.15) is 24.5 Å². The van der Waals surface area contributed by atoms with Crippen LogP contribution in [0.25, 0.3) is 0 Å². The highest BCUT2D eigenvalue weighted by molar-refractivity contribution is 5.63. The van der Waals surface area contributed by atoms with Gasteiger partial charge in [-0.3, -0.25) is 0 Å². The molecule has 0 saturated heterocycles. The van der Waals surface area contributed by atoms with Gasteiger partial charge in [-0.05, 0) is 12.1 Å². The number of anilines is 3. The predicted molar refractivity (Wildman–Crippen MR) is 72.0 cm³/mol. The fourth-order valence-electron chi connectivity index (χ4n) is 1.77. The highest BCUT2D eigenvalue weighted by Crippen LogP contribution is 2.34. The van der Waals surface area contributed by atoms with Crippen LogP contribution in [0.5, 0.6) is 11.5 Å². The number of nitrogens with one attached hydrogen (secondary N) is 2. The van der Waals surface area contributed by atoms with Crippen LogP contribution in [0.1, 0.15) is 0 Å². The monoisotopic (exact) mass is 269 g/mol. The van der Waals surface area contributed by atoms with E-state index in [9.17, 15) is 0 Å². The first-order valence-electron chi connectivity index (χ1n) is 5.95. The zero-order chi connectivity index (χ0) is 13.8. The Labute approximate surface area is 115 Å². The first kappa shape index (κ1) is 12.0. The molecule has 2 heterocycles. The van der Waals surface area contributed by atoms with Crippen LogP contribution in [0.15, 0.2) is 30.6 Å². The first-order chi connectivity index (χ1) is 9.85. The maximum absolute atomic E-state index is 8.52. The third-order valence-corrected chi connectivity index (χ3v) is 2.66. The predicted octanol–water partition coefficient (Wildman–Crippen LogP) is 1.88. The molecule has 1 aliphatic heterocycles. The fourth-order valence-corrected chi connectivity index (χ4v) is 1.77. The van der Waals surface area contributed by atoms with Crippen LogP contribution >= 0.6 is 0 Å². The number of hydrogen-bond donors (Lipinski definition) is 2. The molecule has 3 rings (SSSR count). The lowest BCUT2D eigenvalue weighted by atomic mass is 10.3. The van der Waals surface area contributed by atoms with Crippen LogP contribution in [-0.2, 0) is 0 Å². The van der Waals surface area contributed by atoms with Crippen molar-refractivity contribution in [2.24, 2.45) is 0 Å². The molecule has 0 bridgehead atoms. The summed E-state index contributed by atoms with van der Waals surface area (Å²) in [6.07, 6.45) is 1.43. The van der Waals surface area contributed by atoms with Gasteiger partial charge in [-0.1, -0.05) is 0 Å². The van der Waals surface area contributed by atoms with E-state index in [1.807, 2.05) is 24.3 Å². The van der Waals surface area contributed by atoms with Gasteiger partial charge in [0.05, 0.1) is 6.07 Å². The number of rotatable bonds is 4. The van der Waals surface area contributed by atoms with Crippen molar-refractivity contribution in [3.8, 4) is 17.6 Å². The van der Waals surface area contributed by atoms with Crippen molar-refractivity contribution in [3.63, 3.8) is 0 Å². The summed E-state index contributed by atoms with van der Waals surface area (Å²) in [6.45, 7) is 0.439. The van der Waals surface area contributed by atoms with Gasteiger partial charge in [0.15, 0.2) is 11.5 Å². The van der Waals surface area contributed by atoms with Crippen molar-refractivity contribution in [2.75, 3.05) is 24.0 Å². The van der Waals surface area contributed by atoms with Crippen LogP contribution in [-0.4, -0.2) is 23.3 Å². The Kier molecular flexibility index (Phi) is 3.20. The molecule has 2 N–H and O–H groups in total. The normalized spacial score (nSPS) is 11.8. The molecule has 0 spiro atoms. The van der Waals surface area contributed by atoms with Gasteiger partial charge in [0, 0.05) is 17.8 Å². The molecule has 1 aromatic carbocycles. The van der Waals surface area contributed by atoms with E-state index in [1.54, 1.807) is 6.07 Å². The molecule has 0 radical (unpaired) electrons. The average molecular weight is 269 g/mol. The average Bonchev–Trinajstić information content (AvgIpc) is 2.93. The summed E-state index contributed by atoms with van der Waals surface area (Å²) in [5, 5.41) is 14.5. The van der Waals surface area contributed by atoms with Gasteiger partial charge in [-0.15, -0.1) is 0 Å². The second-order valence-electron chi connectivity index (χ2n) is 3.99. The molecule has 7 heteroatoms. The molecule has 0 amide bonds. The lowest BCUT2D eigenvalue weighted by Gasteiger charge is -2.07. The van der Waals surface area contributed by atoms with Crippen LogP contribution in [0.4, 0.5) is 17.3 Å². The SMILES string of the molecule is N#CCNc1cc(Nc2ccc3c(c2)OCO3)ncn1. The van der Waals surface area contributed by atoms with Crippen molar-refractivity contribution < 1.29 is 9.47 Å². The summed E-state index contributed by atoms with van der Waals surface area (Å²) in [5.41, 5.74) is 0.833. The minimum absolute atomic E-state index is 0.195. The number of hydrogen-bond acceptors (Lipinski definition) is 7. The third kappa shape index (κ3) is 2.54. The van der Waals surface area contributed by atoms with Crippen LogP contribution in [0.3, 0.4) is 0 Å². The summed E-state index contributed by atoms with van der Waals surface area (Å²) in [5.74, 6) is 2.64. The minimum atomic E-state index is 0.195. The molecule has 1 aromatic heterocycles. The topological polar surface area (TPSA) is 92.1 Å². The molecule has 2 aromatic rings. The van der Waals surface area contributed by atoms with Gasteiger partial charge < -0.3 is 20.1 Å². The molecule has 7 nitrogen and oxygen atoms in total. The largest absolute Gasteiger partial charge is 0.454 e. The lowest BCUT2D eigenvalue weighted by Crippen LogP contribution is -2.02. The molecule has 100 valence electrons. The van der Waals surface area contributed by atoms with E-state index in [1.165, 1.54) is 6.33 Å². The lowest BCUT2D eigenvalue weighted by molar-refractivity contribution is 0.174.